The van der Waals surface area contributed by atoms with Gasteiger partial charge < -0.3 is 9.31 Å². The summed E-state index contributed by atoms with van der Waals surface area (Å²) in [4.78, 5) is 0. The van der Waals surface area contributed by atoms with Crippen LogP contribution in [0.2, 0.25) is 0 Å². The van der Waals surface area contributed by atoms with Crippen LogP contribution in [0.4, 0.5) is 5.69 Å². The Balaban J connectivity index is 1.69. The van der Waals surface area contributed by atoms with Gasteiger partial charge in [0.1, 0.15) is 0 Å². The van der Waals surface area contributed by atoms with Gasteiger partial charge in [0.15, 0.2) is 0 Å². The van der Waals surface area contributed by atoms with Gasteiger partial charge in [-0.1, -0.05) is 30.4 Å². The zero-order chi connectivity index (χ0) is 19.2. The fraction of sp³-hybridized carbons (Fsp3) is 0.500. The molecule has 26 heavy (non-hydrogen) atoms. The molecule has 1 fully saturated rings. The van der Waals surface area contributed by atoms with E-state index in [2.05, 4.69) is 62.4 Å². The van der Waals surface area contributed by atoms with Gasteiger partial charge in [0.25, 0.3) is 0 Å². The molecule has 1 aliphatic carbocycles. The summed E-state index contributed by atoms with van der Waals surface area (Å²) in [5, 5.41) is 0. The average Bonchev–Trinajstić information content (AvgIpc) is 2.75. The van der Waals surface area contributed by atoms with Gasteiger partial charge in [-0.2, -0.15) is 4.36 Å². The molecule has 1 unspecified atom stereocenters. The van der Waals surface area contributed by atoms with E-state index in [-0.39, 0.29) is 18.3 Å². The fourth-order valence-electron chi connectivity index (χ4n) is 3.07. The van der Waals surface area contributed by atoms with Gasteiger partial charge >= 0.3 is 7.12 Å². The van der Waals surface area contributed by atoms with Crippen molar-refractivity contribution in [1.29, 1.82) is 0 Å². The third-order valence-electron chi connectivity index (χ3n) is 5.30. The Morgan fingerprint density at radius 3 is 2.12 bits per heavy atom. The van der Waals surface area contributed by atoms with Gasteiger partial charge in [-0.05, 0) is 57.3 Å². The fourth-order valence-corrected chi connectivity index (χ4v) is 3.70. The molecule has 0 bridgehead atoms. The highest BCUT2D eigenvalue weighted by Crippen LogP contribution is 2.40. The average molecular weight is 373 g/mol. The van der Waals surface area contributed by atoms with Crippen LogP contribution in [-0.2, 0) is 19.0 Å². The van der Waals surface area contributed by atoms with Crippen molar-refractivity contribution < 1.29 is 13.5 Å². The lowest BCUT2D eigenvalue weighted by Gasteiger charge is -2.32. The van der Waals surface area contributed by atoms with Crippen LogP contribution in [0.3, 0.4) is 0 Å². The van der Waals surface area contributed by atoms with Crippen LogP contribution in [0.25, 0.3) is 0 Å². The Morgan fingerprint density at radius 2 is 1.65 bits per heavy atom. The van der Waals surface area contributed by atoms with Gasteiger partial charge in [0, 0.05) is 28.2 Å². The quantitative estimate of drug-likeness (QED) is 0.725. The van der Waals surface area contributed by atoms with E-state index in [1.807, 2.05) is 12.1 Å². The summed E-state index contributed by atoms with van der Waals surface area (Å²) < 4.78 is 28.3. The van der Waals surface area contributed by atoms with Gasteiger partial charge in [0.05, 0.1) is 16.9 Å². The third-order valence-corrected chi connectivity index (χ3v) is 5.95. The maximum absolute atomic E-state index is 11.8. The molecule has 0 N–H and O–H groups in total. The second-order valence-corrected chi connectivity index (χ2v) is 10.9. The minimum absolute atomic E-state index is 0.305. The normalized spacial score (nSPS) is 24.5. The summed E-state index contributed by atoms with van der Waals surface area (Å²) in [5.74, 6) is 0.322. The summed E-state index contributed by atoms with van der Waals surface area (Å²) in [6.45, 7) is 8.28. The van der Waals surface area contributed by atoms with E-state index in [0.717, 1.165) is 17.6 Å². The highest BCUT2D eigenvalue weighted by atomic mass is 32.2. The number of hydrogen-bond donors (Lipinski definition) is 0. The Morgan fingerprint density at radius 1 is 1.08 bits per heavy atom. The number of rotatable bonds is 3. The minimum atomic E-state index is -2.13. The second kappa shape index (κ2) is 6.66. The third kappa shape index (κ3) is 4.13. The summed E-state index contributed by atoms with van der Waals surface area (Å²) in [5.41, 5.74) is 2.43. The molecule has 1 aromatic carbocycles. The summed E-state index contributed by atoms with van der Waals surface area (Å²) >= 11 is 0. The molecular weight excluding hydrogens is 345 g/mol. The maximum Gasteiger partial charge on any atom is 0.494 e. The Bertz CT molecular complexity index is 838. The van der Waals surface area contributed by atoms with Crippen LogP contribution >= 0.6 is 0 Å². The van der Waals surface area contributed by atoms with Crippen LogP contribution in [0.5, 0.6) is 0 Å². The molecule has 140 valence electrons. The largest absolute Gasteiger partial charge is 0.494 e. The minimum Gasteiger partial charge on any atom is -0.399 e. The van der Waals surface area contributed by atoms with Crippen molar-refractivity contribution in [1.82, 2.24) is 0 Å². The molecule has 0 amide bonds. The first kappa shape index (κ1) is 19.4. The number of hydrogen-bond acceptors (Lipinski definition) is 4. The van der Waals surface area contributed by atoms with Crippen LogP contribution in [-0.4, -0.2) is 35.0 Å². The molecule has 1 aromatic rings. The number of allylic oxidation sites excluding steroid dienone is 4. The summed E-state index contributed by atoms with van der Waals surface area (Å²) in [6.07, 6.45) is 10.7. The van der Waals surface area contributed by atoms with Gasteiger partial charge in [-0.15, -0.1) is 0 Å². The van der Waals surface area contributed by atoms with Crippen molar-refractivity contribution >= 4 is 22.5 Å². The van der Waals surface area contributed by atoms with E-state index in [0.29, 0.717) is 5.92 Å². The predicted molar refractivity (Wildman–Crippen MR) is 109 cm³/mol. The zero-order valence-electron chi connectivity index (χ0n) is 16.5. The lowest BCUT2D eigenvalue weighted by molar-refractivity contribution is 0.00578. The molecule has 3 rings (SSSR count). The zero-order valence-corrected chi connectivity index (χ0v) is 17.3. The first-order chi connectivity index (χ1) is 12.0. The van der Waals surface area contributed by atoms with Gasteiger partial charge in [-0.3, -0.25) is 0 Å². The van der Waals surface area contributed by atoms with Crippen LogP contribution in [0, 0.1) is 0 Å². The lowest BCUT2D eigenvalue weighted by Crippen LogP contribution is -2.41. The molecule has 4 nitrogen and oxygen atoms in total. The van der Waals surface area contributed by atoms with Crippen LogP contribution < -0.4 is 0 Å². The van der Waals surface area contributed by atoms with Crippen LogP contribution in [0.1, 0.15) is 45.6 Å². The van der Waals surface area contributed by atoms with Crippen molar-refractivity contribution in [3.8, 4) is 0 Å². The smallest absolute Gasteiger partial charge is 0.399 e. The molecule has 2 aliphatic rings. The molecule has 0 aromatic heterocycles. The first-order valence-corrected chi connectivity index (χ1v) is 11.3. The Kier molecular flexibility index (Phi) is 4.97. The van der Waals surface area contributed by atoms with Crippen molar-refractivity contribution in [2.24, 2.45) is 4.36 Å². The highest BCUT2D eigenvalue weighted by Gasteiger charge is 2.52. The Hall–Kier alpha value is -1.37. The van der Waals surface area contributed by atoms with Gasteiger partial charge in [0.2, 0.25) is 0 Å². The molecule has 0 spiro atoms. The van der Waals surface area contributed by atoms with E-state index in [9.17, 15) is 4.21 Å². The van der Waals surface area contributed by atoms with E-state index in [1.54, 1.807) is 12.5 Å². The van der Waals surface area contributed by atoms with E-state index in [4.69, 9.17) is 9.31 Å². The SMILES string of the molecule is CC1(C)OB(C2=CCC(c3ccc(N=S(C)(C)=O)cc3)C=C2)OC1(C)C. The number of nitrogens with zero attached hydrogens (tertiary/aromatic N) is 1. The molecular formula is C20H28BNO3S. The molecule has 1 atom stereocenters. The van der Waals surface area contributed by atoms with Crippen molar-refractivity contribution in [2.45, 2.75) is 51.2 Å². The van der Waals surface area contributed by atoms with E-state index < -0.39 is 9.73 Å². The highest BCUT2D eigenvalue weighted by molar-refractivity contribution is 7.92. The van der Waals surface area contributed by atoms with E-state index >= 15 is 0 Å². The van der Waals surface area contributed by atoms with Crippen LogP contribution in [0.15, 0.2) is 52.3 Å². The lowest BCUT2D eigenvalue weighted by atomic mass is 9.73. The van der Waals surface area contributed by atoms with Gasteiger partial charge in [-0.25, -0.2) is 4.21 Å². The monoisotopic (exact) mass is 373 g/mol. The molecule has 0 saturated carbocycles. The standard InChI is InChI=1S/C20H28BNO3S/c1-19(2)20(3,4)25-21(24-19)17-11-7-15(8-12-17)16-9-13-18(14-10-16)22-26(5,6)23/h7,9-15H,8H2,1-6H3. The van der Waals surface area contributed by atoms with Crippen molar-refractivity contribution in [3.05, 3.63) is 53.5 Å². The summed E-state index contributed by atoms with van der Waals surface area (Å²) in [6, 6.07) is 7.99. The topological polar surface area (TPSA) is 47.9 Å². The van der Waals surface area contributed by atoms with Crippen molar-refractivity contribution in [3.63, 3.8) is 0 Å². The predicted octanol–water partition coefficient (Wildman–Crippen LogP) is 4.65. The first-order valence-electron chi connectivity index (χ1n) is 8.98. The molecule has 1 aliphatic heterocycles. The molecule has 1 heterocycles. The van der Waals surface area contributed by atoms with E-state index in [1.165, 1.54) is 5.56 Å². The maximum atomic E-state index is 11.8. The Labute approximate surface area is 158 Å². The van der Waals surface area contributed by atoms with Crippen molar-refractivity contribution in [2.75, 3.05) is 12.5 Å². The molecule has 0 radical (unpaired) electrons. The number of benzene rings is 1. The molecule has 6 heteroatoms. The summed E-state index contributed by atoms with van der Waals surface area (Å²) in [7, 11) is -2.43. The second-order valence-electron chi connectivity index (χ2n) is 8.36. The molecule has 1 saturated heterocycles.